The number of amides is 1. The summed E-state index contributed by atoms with van der Waals surface area (Å²) in [6.45, 7) is 2.11. The largest absolute Gasteiger partial charge is 0.297 e. The Morgan fingerprint density at radius 3 is 3.11 bits per heavy atom. The second-order valence-electron chi connectivity index (χ2n) is 4.48. The van der Waals surface area contributed by atoms with Crippen molar-refractivity contribution in [3.8, 4) is 0 Å². The second kappa shape index (κ2) is 4.70. The molecule has 3 rings (SSSR count). The van der Waals surface area contributed by atoms with Crippen LogP contribution < -0.4 is 4.90 Å². The minimum absolute atomic E-state index is 0.0452. The molecule has 1 unspecified atom stereocenters. The smallest absolute Gasteiger partial charge is 0.229 e. The van der Waals surface area contributed by atoms with Gasteiger partial charge in [0, 0.05) is 37.5 Å². The van der Waals surface area contributed by atoms with Crippen LogP contribution in [0.1, 0.15) is 13.3 Å². The van der Waals surface area contributed by atoms with Gasteiger partial charge in [-0.25, -0.2) is 4.98 Å². The number of rotatable bonds is 2. The fourth-order valence-electron chi connectivity index (χ4n) is 2.36. The predicted octanol–water partition coefficient (Wildman–Crippen LogP) is 1.72. The van der Waals surface area contributed by atoms with E-state index in [2.05, 4.69) is 4.98 Å². The molecule has 19 heavy (non-hydrogen) atoms. The molecule has 1 atom stereocenters. The summed E-state index contributed by atoms with van der Waals surface area (Å²) in [5.41, 5.74) is 0.813. The molecule has 1 saturated heterocycles. The van der Waals surface area contributed by atoms with Crippen LogP contribution in [0.25, 0.3) is 5.65 Å². The molecule has 1 amide bonds. The Bertz CT molecular complexity index is 652. The summed E-state index contributed by atoms with van der Waals surface area (Å²) in [5, 5.41) is 0.101. The first-order chi connectivity index (χ1) is 9.15. The average Bonchev–Trinajstić information content (AvgIpc) is 2.94. The molecule has 98 valence electrons. The maximum absolute atomic E-state index is 12.1. The van der Waals surface area contributed by atoms with Crippen LogP contribution in [0, 0.1) is 0 Å². The van der Waals surface area contributed by atoms with E-state index in [1.54, 1.807) is 11.1 Å². The van der Waals surface area contributed by atoms with E-state index >= 15 is 0 Å². The molecule has 0 radical (unpaired) electrons. The Kier molecular flexibility index (Phi) is 3.02. The van der Waals surface area contributed by atoms with Crippen LogP contribution in [-0.4, -0.2) is 32.2 Å². The van der Waals surface area contributed by atoms with E-state index in [1.165, 1.54) is 18.7 Å². The third kappa shape index (κ3) is 2.23. The summed E-state index contributed by atoms with van der Waals surface area (Å²) in [6.07, 6.45) is 3.96. The lowest BCUT2D eigenvalue weighted by Gasteiger charge is -2.17. The summed E-state index contributed by atoms with van der Waals surface area (Å²) in [7, 11) is 0. The highest BCUT2D eigenvalue weighted by atomic mass is 32.2. The molecule has 5 nitrogen and oxygen atoms in total. The van der Waals surface area contributed by atoms with Gasteiger partial charge in [0.05, 0.1) is 0 Å². The zero-order valence-electron chi connectivity index (χ0n) is 10.4. The zero-order valence-corrected chi connectivity index (χ0v) is 11.3. The number of hydrogen-bond donors (Lipinski definition) is 0. The number of nitrogens with zero attached hydrogens (tertiary/aromatic N) is 3. The molecule has 0 bridgehead atoms. The minimum Gasteiger partial charge on any atom is -0.297 e. The molecule has 0 aliphatic carbocycles. The lowest BCUT2D eigenvalue weighted by molar-refractivity contribution is -0.117. The Morgan fingerprint density at radius 2 is 2.32 bits per heavy atom. The highest BCUT2D eigenvalue weighted by Crippen LogP contribution is 2.28. The van der Waals surface area contributed by atoms with E-state index < -0.39 is 0 Å². The highest BCUT2D eigenvalue weighted by molar-refractivity contribution is 8.14. The van der Waals surface area contributed by atoms with Crippen LogP contribution in [0.5, 0.6) is 0 Å². The van der Waals surface area contributed by atoms with Crippen molar-refractivity contribution >= 4 is 34.2 Å². The number of anilines is 1. The van der Waals surface area contributed by atoms with Crippen LogP contribution in [0.4, 0.5) is 5.82 Å². The Balaban J connectivity index is 1.92. The zero-order chi connectivity index (χ0) is 13.4. The van der Waals surface area contributed by atoms with Crippen LogP contribution in [-0.2, 0) is 9.59 Å². The van der Waals surface area contributed by atoms with Gasteiger partial charge in [-0.15, -0.1) is 0 Å². The van der Waals surface area contributed by atoms with Crippen molar-refractivity contribution in [2.75, 3.05) is 11.4 Å². The van der Waals surface area contributed by atoms with E-state index in [-0.39, 0.29) is 16.3 Å². The van der Waals surface area contributed by atoms with Crippen molar-refractivity contribution in [1.82, 2.24) is 9.38 Å². The van der Waals surface area contributed by atoms with Crippen LogP contribution >= 0.6 is 11.8 Å². The van der Waals surface area contributed by atoms with Gasteiger partial charge in [-0.3, -0.25) is 18.9 Å². The van der Waals surface area contributed by atoms with Gasteiger partial charge in [-0.1, -0.05) is 17.8 Å². The molecular weight excluding hydrogens is 262 g/mol. The van der Waals surface area contributed by atoms with Gasteiger partial charge in [-0.05, 0) is 12.1 Å². The first kappa shape index (κ1) is 12.2. The third-order valence-corrected chi connectivity index (χ3v) is 4.09. The number of hydrogen-bond acceptors (Lipinski definition) is 4. The van der Waals surface area contributed by atoms with Crippen molar-refractivity contribution in [3.05, 3.63) is 30.6 Å². The molecule has 3 heterocycles. The number of imidazole rings is 1. The van der Waals surface area contributed by atoms with Gasteiger partial charge in [-0.2, -0.15) is 0 Å². The van der Waals surface area contributed by atoms with Crippen molar-refractivity contribution in [1.29, 1.82) is 0 Å². The normalized spacial score (nSPS) is 19.3. The first-order valence-electron chi connectivity index (χ1n) is 6.05. The quantitative estimate of drug-likeness (QED) is 0.837. The standard InChI is InChI=1S/C13H13N3O2S/c1-9(17)19-10-7-13(18)16(8-10)12-4-2-3-11-14-5-6-15(11)12/h2-6,10H,7-8H2,1H3. The number of aromatic nitrogens is 2. The molecule has 0 saturated carbocycles. The molecule has 2 aromatic rings. The first-order valence-corrected chi connectivity index (χ1v) is 6.93. The molecule has 1 aliphatic heterocycles. The van der Waals surface area contributed by atoms with Gasteiger partial charge in [0.1, 0.15) is 11.5 Å². The monoisotopic (exact) mass is 275 g/mol. The van der Waals surface area contributed by atoms with Crippen LogP contribution in [0.2, 0.25) is 0 Å². The van der Waals surface area contributed by atoms with Gasteiger partial charge in [0.2, 0.25) is 5.91 Å². The average molecular weight is 275 g/mol. The maximum Gasteiger partial charge on any atom is 0.229 e. The topological polar surface area (TPSA) is 54.7 Å². The van der Waals surface area contributed by atoms with Gasteiger partial charge < -0.3 is 0 Å². The molecule has 0 N–H and O–H groups in total. The Morgan fingerprint density at radius 1 is 1.47 bits per heavy atom. The fraction of sp³-hybridized carbons (Fsp3) is 0.308. The summed E-state index contributed by atoms with van der Waals surface area (Å²) in [6, 6.07) is 5.68. The molecule has 0 spiro atoms. The van der Waals surface area contributed by atoms with Crippen molar-refractivity contribution in [3.63, 3.8) is 0 Å². The van der Waals surface area contributed by atoms with E-state index in [0.29, 0.717) is 13.0 Å². The second-order valence-corrected chi connectivity index (χ2v) is 5.96. The van der Waals surface area contributed by atoms with E-state index in [9.17, 15) is 9.59 Å². The third-order valence-electron chi connectivity index (χ3n) is 3.11. The van der Waals surface area contributed by atoms with Gasteiger partial charge in [0.25, 0.3) is 0 Å². The van der Waals surface area contributed by atoms with Crippen molar-refractivity contribution in [2.24, 2.45) is 0 Å². The van der Waals surface area contributed by atoms with Crippen LogP contribution in [0.3, 0.4) is 0 Å². The summed E-state index contributed by atoms with van der Waals surface area (Å²) < 4.78 is 1.89. The Labute approximate surface area is 114 Å². The van der Waals surface area contributed by atoms with Crippen molar-refractivity contribution < 1.29 is 9.59 Å². The summed E-state index contributed by atoms with van der Waals surface area (Å²) in [5.74, 6) is 0.867. The maximum atomic E-state index is 12.1. The van der Waals surface area contributed by atoms with Crippen molar-refractivity contribution in [2.45, 2.75) is 18.6 Å². The number of thioether (sulfide) groups is 1. The molecule has 1 fully saturated rings. The van der Waals surface area contributed by atoms with Crippen LogP contribution in [0.15, 0.2) is 30.6 Å². The Hall–Kier alpha value is -1.82. The summed E-state index contributed by atoms with van der Waals surface area (Å²) >= 11 is 1.25. The fourth-order valence-corrected chi connectivity index (χ4v) is 3.28. The molecule has 2 aromatic heterocycles. The molecule has 0 aromatic carbocycles. The number of fused-ring (bicyclic) bond motifs is 1. The molecule has 6 heteroatoms. The number of carbonyl (C=O) groups excluding carboxylic acids is 2. The molecule has 1 aliphatic rings. The van der Waals surface area contributed by atoms with E-state index in [1.807, 2.05) is 28.8 Å². The lowest BCUT2D eigenvalue weighted by atomic mass is 10.4. The highest BCUT2D eigenvalue weighted by Gasteiger charge is 2.32. The SMILES string of the molecule is CC(=O)SC1CC(=O)N(c2cccc3nccn23)C1. The van der Waals surface area contributed by atoms with Gasteiger partial charge >= 0.3 is 0 Å². The minimum atomic E-state index is 0.0452. The lowest BCUT2D eigenvalue weighted by Crippen LogP contribution is -2.26. The van der Waals surface area contributed by atoms with Gasteiger partial charge in [0.15, 0.2) is 5.12 Å². The van der Waals surface area contributed by atoms with E-state index in [4.69, 9.17) is 0 Å². The number of pyridine rings is 1. The van der Waals surface area contributed by atoms with E-state index in [0.717, 1.165) is 11.5 Å². The number of carbonyl (C=O) groups is 2. The predicted molar refractivity (Wildman–Crippen MR) is 74.2 cm³/mol. The summed E-state index contributed by atoms with van der Waals surface area (Å²) in [4.78, 5) is 29.2. The molecular formula is C13H13N3O2S.